The minimum absolute atomic E-state index is 0.0219. The first-order valence-corrected chi connectivity index (χ1v) is 14.5. The van der Waals surface area contributed by atoms with E-state index in [2.05, 4.69) is 6.58 Å². The van der Waals surface area contributed by atoms with Crippen LogP contribution in [0.5, 0.6) is 5.75 Å². The van der Waals surface area contributed by atoms with E-state index in [1.807, 2.05) is 0 Å². The van der Waals surface area contributed by atoms with Gasteiger partial charge < -0.3 is 52.1 Å². The Bertz CT molecular complexity index is 827. The van der Waals surface area contributed by atoms with Crippen molar-refractivity contribution in [3.8, 4) is 5.75 Å². The molecule has 1 rings (SSSR count). The quantitative estimate of drug-likeness (QED) is 0.0362. The summed E-state index contributed by atoms with van der Waals surface area (Å²) in [7, 11) is 0. The second-order valence-corrected chi connectivity index (χ2v) is 8.48. The number of nitrogens with zero attached hydrogens (tertiary/aromatic N) is 1. The number of non-ortho nitro benzene ring substituents is 1. The van der Waals surface area contributed by atoms with Crippen LogP contribution in [0.15, 0.2) is 36.9 Å². The van der Waals surface area contributed by atoms with Gasteiger partial charge in [-0.1, -0.05) is 6.58 Å². The summed E-state index contributed by atoms with van der Waals surface area (Å²) < 4.78 is 58.9. The summed E-state index contributed by atoms with van der Waals surface area (Å²) in [5, 5.41) is 10.6. The van der Waals surface area contributed by atoms with Gasteiger partial charge in [-0.15, -0.1) is 0 Å². The number of carbonyl (C=O) groups excluding carboxylic acids is 1. The third kappa shape index (κ3) is 25.7. The lowest BCUT2D eigenvalue weighted by Crippen LogP contribution is -2.15. The van der Waals surface area contributed by atoms with Crippen LogP contribution >= 0.6 is 0 Å². The van der Waals surface area contributed by atoms with Crippen molar-refractivity contribution in [2.24, 2.45) is 0 Å². The number of hydrogen-bond donors (Lipinski definition) is 0. The molecule has 0 saturated heterocycles. The molecule has 0 aromatic heterocycles. The molecule has 1 aromatic carbocycles. The van der Waals surface area contributed by atoms with Gasteiger partial charge in [-0.05, 0) is 12.1 Å². The fraction of sp³-hybridized carbons (Fsp3) is 0.690. The van der Waals surface area contributed by atoms with Gasteiger partial charge in [-0.3, -0.25) is 10.1 Å². The number of nitro groups is 1. The van der Waals surface area contributed by atoms with Crippen molar-refractivity contribution < 1.29 is 61.8 Å². The number of hydrogen-bond acceptors (Lipinski definition) is 14. The summed E-state index contributed by atoms with van der Waals surface area (Å²) in [6.07, 6.45) is 1.11. The van der Waals surface area contributed by atoms with Crippen LogP contribution in [-0.2, 0) is 52.2 Å². The van der Waals surface area contributed by atoms with E-state index in [9.17, 15) is 14.9 Å². The second kappa shape index (κ2) is 30.3. The number of nitro benzene ring substituents is 1. The molecule has 0 unspecified atom stereocenters. The maximum atomic E-state index is 10.8. The average molecular weight is 634 g/mol. The molecule has 0 radical (unpaired) electrons. The summed E-state index contributed by atoms with van der Waals surface area (Å²) >= 11 is 0. The fourth-order valence-electron chi connectivity index (χ4n) is 3.00. The predicted octanol–water partition coefficient (Wildman–Crippen LogP) is 1.85. The van der Waals surface area contributed by atoms with Gasteiger partial charge in [0.05, 0.1) is 124 Å². The van der Waals surface area contributed by atoms with E-state index in [-0.39, 0.29) is 12.3 Å². The Hall–Kier alpha value is -2.73. The molecule has 0 heterocycles. The van der Waals surface area contributed by atoms with Crippen molar-refractivity contribution in [3.05, 3.63) is 47.0 Å². The van der Waals surface area contributed by atoms with Crippen molar-refractivity contribution in [2.45, 2.75) is 0 Å². The molecule has 0 bridgehead atoms. The lowest BCUT2D eigenvalue weighted by atomic mass is 10.3. The topological polar surface area (TPSA) is 162 Å². The van der Waals surface area contributed by atoms with Gasteiger partial charge in [0.15, 0.2) is 0 Å². The number of rotatable bonds is 33. The monoisotopic (exact) mass is 633 g/mol. The highest BCUT2D eigenvalue weighted by molar-refractivity contribution is 5.81. The summed E-state index contributed by atoms with van der Waals surface area (Å²) in [6, 6.07) is 5.89. The van der Waals surface area contributed by atoms with E-state index in [1.165, 1.54) is 12.1 Å². The van der Waals surface area contributed by atoms with Gasteiger partial charge in [-0.2, -0.15) is 0 Å². The van der Waals surface area contributed by atoms with Crippen molar-refractivity contribution in [1.29, 1.82) is 0 Å². The smallest absolute Gasteiger partial charge is 0.330 e. The highest BCUT2D eigenvalue weighted by Crippen LogP contribution is 2.17. The molecule has 44 heavy (non-hydrogen) atoms. The van der Waals surface area contributed by atoms with Crippen LogP contribution < -0.4 is 4.74 Å². The Labute approximate surface area is 258 Å². The first kappa shape index (κ1) is 39.3. The molecule has 15 nitrogen and oxygen atoms in total. The maximum absolute atomic E-state index is 10.8. The van der Waals surface area contributed by atoms with Gasteiger partial charge in [-0.25, -0.2) is 4.79 Å². The van der Waals surface area contributed by atoms with Crippen LogP contribution in [0, 0.1) is 10.1 Å². The minimum atomic E-state index is -0.466. The summed E-state index contributed by atoms with van der Waals surface area (Å²) in [5.74, 6) is 0.0862. The maximum Gasteiger partial charge on any atom is 0.330 e. The lowest BCUT2D eigenvalue weighted by molar-refractivity contribution is -0.384. The van der Waals surface area contributed by atoms with Crippen LogP contribution in [0.2, 0.25) is 0 Å². The molecule has 0 atom stereocenters. The molecule has 0 spiro atoms. The summed E-state index contributed by atoms with van der Waals surface area (Å²) in [6.45, 7) is 11.9. The number of benzene rings is 1. The third-order valence-corrected chi connectivity index (χ3v) is 5.16. The average Bonchev–Trinajstić information content (AvgIpc) is 3.03. The molecule has 0 amide bonds. The number of esters is 1. The van der Waals surface area contributed by atoms with Crippen molar-refractivity contribution in [2.75, 3.05) is 132 Å². The zero-order valence-corrected chi connectivity index (χ0v) is 25.4. The summed E-state index contributed by atoms with van der Waals surface area (Å²) in [5.41, 5.74) is 0.0219. The Morgan fingerprint density at radius 2 is 0.841 bits per heavy atom. The fourth-order valence-corrected chi connectivity index (χ4v) is 3.00. The van der Waals surface area contributed by atoms with E-state index in [1.54, 1.807) is 12.1 Å². The van der Waals surface area contributed by atoms with E-state index in [4.69, 9.17) is 52.1 Å². The van der Waals surface area contributed by atoms with E-state index >= 15 is 0 Å². The molecule has 0 N–H and O–H groups in total. The highest BCUT2D eigenvalue weighted by atomic mass is 16.6. The van der Waals surface area contributed by atoms with Crippen LogP contribution in [0.4, 0.5) is 5.69 Å². The Morgan fingerprint density at radius 3 is 1.14 bits per heavy atom. The minimum Gasteiger partial charge on any atom is -0.491 e. The van der Waals surface area contributed by atoms with Gasteiger partial charge in [0.25, 0.3) is 5.69 Å². The molecule has 0 fully saturated rings. The standard InChI is InChI=1S/C29H47NO14/c1-2-29(31)44-26-24-42-22-20-40-18-16-38-14-12-36-10-8-34-7-9-35-11-13-37-15-17-39-19-21-41-23-25-43-28-5-3-27(4-6-28)30(32)33/h2-6H,1,7-26H2. The molecular formula is C29H47NO14. The molecule has 0 aliphatic heterocycles. The zero-order chi connectivity index (χ0) is 31.8. The lowest BCUT2D eigenvalue weighted by Gasteiger charge is -2.09. The van der Waals surface area contributed by atoms with E-state index in [0.717, 1.165) is 6.08 Å². The summed E-state index contributed by atoms with van der Waals surface area (Å²) in [4.78, 5) is 21.0. The van der Waals surface area contributed by atoms with Crippen molar-refractivity contribution in [1.82, 2.24) is 0 Å². The Morgan fingerprint density at radius 1 is 0.545 bits per heavy atom. The van der Waals surface area contributed by atoms with Crippen molar-refractivity contribution >= 4 is 11.7 Å². The van der Waals surface area contributed by atoms with Gasteiger partial charge in [0.2, 0.25) is 0 Å². The highest BCUT2D eigenvalue weighted by Gasteiger charge is 2.04. The van der Waals surface area contributed by atoms with Crippen LogP contribution in [0.1, 0.15) is 0 Å². The van der Waals surface area contributed by atoms with E-state index < -0.39 is 10.9 Å². The molecule has 15 heteroatoms. The molecule has 252 valence electrons. The van der Waals surface area contributed by atoms with Gasteiger partial charge in [0, 0.05) is 18.2 Å². The zero-order valence-electron chi connectivity index (χ0n) is 25.4. The van der Waals surface area contributed by atoms with E-state index in [0.29, 0.717) is 131 Å². The van der Waals surface area contributed by atoms with Crippen LogP contribution in [0.25, 0.3) is 0 Å². The van der Waals surface area contributed by atoms with Crippen LogP contribution in [-0.4, -0.2) is 143 Å². The number of ether oxygens (including phenoxy) is 11. The molecule has 0 aliphatic carbocycles. The largest absolute Gasteiger partial charge is 0.491 e. The SMILES string of the molecule is C=CC(=O)OCCOCCOCCOCCOCCOCCOCCOCCOCCOCCOc1ccc([N+](=O)[O-])cc1. The molecule has 1 aromatic rings. The second-order valence-electron chi connectivity index (χ2n) is 8.48. The predicted molar refractivity (Wildman–Crippen MR) is 157 cm³/mol. The Balaban J connectivity index is 1.67. The third-order valence-electron chi connectivity index (χ3n) is 5.16. The normalized spacial score (nSPS) is 11.0. The first-order valence-electron chi connectivity index (χ1n) is 14.5. The van der Waals surface area contributed by atoms with Crippen LogP contribution in [0.3, 0.4) is 0 Å². The number of carbonyl (C=O) groups is 1. The molecule has 0 saturated carbocycles. The Kier molecular flexibility index (Phi) is 27.1. The molecular weight excluding hydrogens is 586 g/mol. The van der Waals surface area contributed by atoms with Gasteiger partial charge >= 0.3 is 5.97 Å². The first-order chi connectivity index (χ1) is 21.6. The molecule has 0 aliphatic rings. The van der Waals surface area contributed by atoms with Crippen molar-refractivity contribution in [3.63, 3.8) is 0 Å². The van der Waals surface area contributed by atoms with Gasteiger partial charge in [0.1, 0.15) is 19.0 Å².